The molecule has 98 valence electrons. The summed E-state index contributed by atoms with van der Waals surface area (Å²) in [6.45, 7) is 5.76. The van der Waals surface area contributed by atoms with Crippen molar-refractivity contribution < 1.29 is 4.92 Å². The summed E-state index contributed by atoms with van der Waals surface area (Å²) in [5, 5.41) is 17.3. The first-order valence-corrected chi connectivity index (χ1v) is 6.18. The Kier molecular flexibility index (Phi) is 4.49. The number of anilines is 1. The summed E-state index contributed by atoms with van der Waals surface area (Å²) in [5.41, 5.74) is 0.732. The van der Waals surface area contributed by atoms with Crippen LogP contribution in [-0.2, 0) is 0 Å². The summed E-state index contributed by atoms with van der Waals surface area (Å²) in [4.78, 5) is 12.8. The Balaban J connectivity index is 1.84. The van der Waals surface area contributed by atoms with Crippen molar-refractivity contribution in [3.63, 3.8) is 0 Å². The van der Waals surface area contributed by atoms with Gasteiger partial charge < -0.3 is 10.6 Å². The van der Waals surface area contributed by atoms with Crippen LogP contribution in [0.25, 0.3) is 0 Å². The Morgan fingerprint density at radius 3 is 2.78 bits per heavy atom. The average molecular weight is 250 g/mol. The first kappa shape index (κ1) is 12.8. The van der Waals surface area contributed by atoms with Gasteiger partial charge >= 0.3 is 0 Å². The fourth-order valence-electron chi connectivity index (χ4n) is 2.07. The van der Waals surface area contributed by atoms with Gasteiger partial charge in [0.2, 0.25) is 0 Å². The van der Waals surface area contributed by atoms with Crippen molar-refractivity contribution in [2.75, 3.05) is 44.6 Å². The van der Waals surface area contributed by atoms with E-state index in [1.807, 2.05) is 0 Å². The monoisotopic (exact) mass is 250 g/mol. The Morgan fingerprint density at radius 2 is 2.06 bits per heavy atom. The van der Waals surface area contributed by atoms with E-state index in [1.165, 1.54) is 6.07 Å². The molecule has 0 saturated carbocycles. The average Bonchev–Trinajstić information content (AvgIpc) is 2.40. The molecule has 0 amide bonds. The number of piperazine rings is 1. The van der Waals surface area contributed by atoms with Crippen LogP contribution in [0.1, 0.15) is 0 Å². The number of nitro groups is 1. The second-order valence-corrected chi connectivity index (χ2v) is 4.29. The zero-order chi connectivity index (χ0) is 12.8. The van der Waals surface area contributed by atoms with E-state index in [1.54, 1.807) is 18.2 Å². The molecule has 1 saturated heterocycles. The molecule has 18 heavy (non-hydrogen) atoms. The normalized spacial score (nSPS) is 16.4. The predicted octanol–water partition coefficient (Wildman–Crippen LogP) is 0.912. The zero-order valence-corrected chi connectivity index (χ0v) is 10.3. The van der Waals surface area contributed by atoms with Gasteiger partial charge in [-0.25, -0.2) is 0 Å². The van der Waals surface area contributed by atoms with E-state index in [4.69, 9.17) is 0 Å². The number of benzene rings is 1. The Morgan fingerprint density at radius 1 is 1.33 bits per heavy atom. The van der Waals surface area contributed by atoms with Gasteiger partial charge in [-0.2, -0.15) is 0 Å². The van der Waals surface area contributed by atoms with Crippen molar-refractivity contribution in [2.45, 2.75) is 0 Å². The highest BCUT2D eigenvalue weighted by Crippen LogP contribution is 2.22. The van der Waals surface area contributed by atoms with Gasteiger partial charge in [-0.3, -0.25) is 15.0 Å². The van der Waals surface area contributed by atoms with E-state index in [-0.39, 0.29) is 10.6 Å². The molecule has 6 nitrogen and oxygen atoms in total. The van der Waals surface area contributed by atoms with Gasteiger partial charge in [-0.1, -0.05) is 12.1 Å². The third-order valence-electron chi connectivity index (χ3n) is 3.05. The molecule has 1 aromatic carbocycles. The highest BCUT2D eigenvalue weighted by atomic mass is 16.6. The van der Waals surface area contributed by atoms with Gasteiger partial charge in [0.15, 0.2) is 0 Å². The van der Waals surface area contributed by atoms with Crippen LogP contribution in [0.3, 0.4) is 0 Å². The van der Waals surface area contributed by atoms with E-state index in [0.717, 1.165) is 39.3 Å². The number of nitrogens with zero attached hydrogens (tertiary/aromatic N) is 2. The van der Waals surface area contributed by atoms with Crippen molar-refractivity contribution in [1.82, 2.24) is 10.2 Å². The van der Waals surface area contributed by atoms with E-state index >= 15 is 0 Å². The lowest BCUT2D eigenvalue weighted by Gasteiger charge is -2.27. The minimum atomic E-state index is -0.354. The van der Waals surface area contributed by atoms with E-state index in [2.05, 4.69) is 15.5 Å². The predicted molar refractivity (Wildman–Crippen MR) is 70.9 cm³/mol. The Labute approximate surface area is 106 Å². The molecule has 0 atom stereocenters. The number of rotatable bonds is 5. The summed E-state index contributed by atoms with van der Waals surface area (Å²) < 4.78 is 0. The number of hydrogen-bond donors (Lipinski definition) is 2. The number of nitro benzene ring substituents is 1. The molecule has 0 aliphatic carbocycles. The highest BCUT2D eigenvalue weighted by molar-refractivity contribution is 5.60. The van der Waals surface area contributed by atoms with E-state index < -0.39 is 0 Å². The number of nitrogens with one attached hydrogen (secondary N) is 2. The molecule has 0 unspecified atom stereocenters. The molecule has 0 aromatic heterocycles. The fraction of sp³-hybridized carbons (Fsp3) is 0.500. The van der Waals surface area contributed by atoms with Gasteiger partial charge in [-0.15, -0.1) is 0 Å². The maximum atomic E-state index is 10.8. The molecule has 0 radical (unpaired) electrons. The first-order chi connectivity index (χ1) is 8.77. The summed E-state index contributed by atoms with van der Waals surface area (Å²) in [6.07, 6.45) is 0. The Hall–Kier alpha value is -1.66. The Bertz CT molecular complexity index is 405. The van der Waals surface area contributed by atoms with Crippen LogP contribution in [0.4, 0.5) is 11.4 Å². The SMILES string of the molecule is O=[N+]([O-])c1ccccc1NCCN1CCNCC1. The third kappa shape index (κ3) is 3.41. The van der Waals surface area contributed by atoms with Crippen molar-refractivity contribution in [2.24, 2.45) is 0 Å². The summed E-state index contributed by atoms with van der Waals surface area (Å²) in [7, 11) is 0. The maximum absolute atomic E-state index is 10.8. The zero-order valence-electron chi connectivity index (χ0n) is 10.3. The van der Waals surface area contributed by atoms with Crippen LogP contribution in [0.15, 0.2) is 24.3 Å². The molecule has 1 fully saturated rings. The topological polar surface area (TPSA) is 70.4 Å². The van der Waals surface area contributed by atoms with Crippen LogP contribution in [0, 0.1) is 10.1 Å². The molecule has 2 N–H and O–H groups in total. The molecule has 1 aliphatic rings. The molecule has 0 spiro atoms. The molecule has 2 rings (SSSR count). The lowest BCUT2D eigenvalue weighted by molar-refractivity contribution is -0.384. The van der Waals surface area contributed by atoms with Crippen molar-refractivity contribution >= 4 is 11.4 Å². The van der Waals surface area contributed by atoms with Crippen molar-refractivity contribution in [1.29, 1.82) is 0 Å². The fourth-order valence-corrected chi connectivity index (χ4v) is 2.07. The maximum Gasteiger partial charge on any atom is 0.292 e. The summed E-state index contributed by atoms with van der Waals surface area (Å²) in [6, 6.07) is 6.75. The second-order valence-electron chi connectivity index (χ2n) is 4.29. The molecule has 6 heteroatoms. The molecule has 1 aromatic rings. The minimum Gasteiger partial charge on any atom is -0.378 e. The number of para-hydroxylation sites is 2. The molecule has 1 aliphatic heterocycles. The highest BCUT2D eigenvalue weighted by Gasteiger charge is 2.12. The van der Waals surface area contributed by atoms with E-state index in [0.29, 0.717) is 5.69 Å². The third-order valence-corrected chi connectivity index (χ3v) is 3.05. The van der Waals surface area contributed by atoms with Crippen molar-refractivity contribution in [3.05, 3.63) is 34.4 Å². The minimum absolute atomic E-state index is 0.137. The summed E-state index contributed by atoms with van der Waals surface area (Å²) in [5.74, 6) is 0. The lowest BCUT2D eigenvalue weighted by Crippen LogP contribution is -2.45. The molecular formula is C12H18N4O2. The van der Waals surface area contributed by atoms with E-state index in [9.17, 15) is 10.1 Å². The van der Waals surface area contributed by atoms with Gasteiger partial charge in [0, 0.05) is 45.3 Å². The van der Waals surface area contributed by atoms with Crippen LogP contribution in [-0.4, -0.2) is 49.1 Å². The summed E-state index contributed by atoms with van der Waals surface area (Å²) >= 11 is 0. The molecular weight excluding hydrogens is 232 g/mol. The molecule has 1 heterocycles. The largest absolute Gasteiger partial charge is 0.378 e. The van der Waals surface area contributed by atoms with Crippen LogP contribution in [0.5, 0.6) is 0 Å². The lowest BCUT2D eigenvalue weighted by atomic mass is 10.2. The van der Waals surface area contributed by atoms with Crippen LogP contribution >= 0.6 is 0 Å². The van der Waals surface area contributed by atoms with Gasteiger partial charge in [0.1, 0.15) is 5.69 Å². The second kappa shape index (κ2) is 6.32. The first-order valence-electron chi connectivity index (χ1n) is 6.18. The van der Waals surface area contributed by atoms with Crippen LogP contribution < -0.4 is 10.6 Å². The smallest absolute Gasteiger partial charge is 0.292 e. The van der Waals surface area contributed by atoms with Gasteiger partial charge in [0.05, 0.1) is 4.92 Å². The van der Waals surface area contributed by atoms with Gasteiger partial charge in [0.25, 0.3) is 5.69 Å². The number of hydrogen-bond acceptors (Lipinski definition) is 5. The van der Waals surface area contributed by atoms with Crippen LogP contribution in [0.2, 0.25) is 0 Å². The van der Waals surface area contributed by atoms with Gasteiger partial charge in [-0.05, 0) is 6.07 Å². The molecule has 0 bridgehead atoms. The standard InChI is InChI=1S/C12H18N4O2/c17-16(18)12-4-2-1-3-11(12)14-7-10-15-8-5-13-6-9-15/h1-4,13-14H,5-10H2. The quantitative estimate of drug-likeness (QED) is 0.600. The van der Waals surface area contributed by atoms with Crippen molar-refractivity contribution in [3.8, 4) is 0 Å².